The zero-order valence-electron chi connectivity index (χ0n) is 27.2. The number of hydrogen-bond donors (Lipinski definition) is 1. The third-order valence-corrected chi connectivity index (χ3v) is 8.01. The number of aliphatic carboxylic acids is 1. The molecule has 0 aromatic heterocycles. The minimum atomic E-state index is -1.01. The average molecular weight is 635 g/mol. The van der Waals surface area contributed by atoms with E-state index in [1.807, 2.05) is 13.0 Å². The van der Waals surface area contributed by atoms with Gasteiger partial charge in [-0.2, -0.15) is 0 Å². The normalized spacial score (nSPS) is 15.7. The van der Waals surface area contributed by atoms with E-state index < -0.39 is 12.1 Å². The van der Waals surface area contributed by atoms with Gasteiger partial charge >= 0.3 is 5.97 Å². The van der Waals surface area contributed by atoms with E-state index in [4.69, 9.17) is 24.1 Å². The van der Waals surface area contributed by atoms with E-state index in [9.17, 15) is 4.79 Å². The van der Waals surface area contributed by atoms with Gasteiger partial charge in [-0.25, -0.2) is 4.79 Å². The maximum atomic E-state index is 11.2. The molecule has 8 heteroatoms. The van der Waals surface area contributed by atoms with Crippen LogP contribution in [0.4, 0.5) is 0 Å². The Balaban J connectivity index is 1.30. The molecule has 0 saturated carbocycles. The molecule has 47 heavy (non-hydrogen) atoms. The van der Waals surface area contributed by atoms with Gasteiger partial charge in [0.25, 0.3) is 0 Å². The molecule has 3 aromatic carbocycles. The van der Waals surface area contributed by atoms with Crippen LogP contribution in [-0.4, -0.2) is 99.3 Å². The van der Waals surface area contributed by atoms with Crippen molar-refractivity contribution in [1.29, 1.82) is 0 Å². The molecular weight excluding hydrogens is 592 g/mol. The number of morpholine rings is 2. The molecule has 2 aliphatic rings. The first-order valence-electron chi connectivity index (χ1n) is 16.1. The highest BCUT2D eigenvalue weighted by Gasteiger charge is 2.14. The van der Waals surface area contributed by atoms with Crippen molar-refractivity contribution < 1.29 is 28.8 Å². The minimum Gasteiger partial charge on any atom is -0.489 e. The molecule has 1 atom stereocenters. The van der Waals surface area contributed by atoms with Gasteiger partial charge in [0.15, 0.2) is 6.10 Å². The van der Waals surface area contributed by atoms with E-state index in [1.54, 1.807) is 12.1 Å². The molecule has 1 unspecified atom stereocenters. The Morgan fingerprint density at radius 2 is 1.34 bits per heavy atom. The number of aryl methyl sites for hydroxylation is 1. The highest BCUT2D eigenvalue weighted by Crippen LogP contribution is 2.27. The summed E-state index contributed by atoms with van der Waals surface area (Å²) in [5, 5.41) is 9.17. The molecule has 0 amide bonds. The summed E-state index contributed by atoms with van der Waals surface area (Å²) in [4.78, 5) is 15.8. The molecule has 0 aliphatic carbocycles. The van der Waals surface area contributed by atoms with E-state index in [0.29, 0.717) is 18.1 Å². The minimum absolute atomic E-state index is 0.336. The van der Waals surface area contributed by atoms with Crippen molar-refractivity contribution in [2.24, 2.45) is 0 Å². The van der Waals surface area contributed by atoms with Crippen LogP contribution in [0.5, 0.6) is 11.5 Å². The SMILES string of the molecule is Cc1cc(OCC=C(c2ccc(C#CCN3CCOCC3)cc2)c2ccc(C#CCN3CCOCC3)cc2)ccc1OC(C)C(=O)O. The first kappa shape index (κ1) is 33.8. The van der Waals surface area contributed by atoms with Crippen LogP contribution in [0.1, 0.15) is 34.7 Å². The second-order valence-corrected chi connectivity index (χ2v) is 11.5. The summed E-state index contributed by atoms with van der Waals surface area (Å²) in [7, 11) is 0. The summed E-state index contributed by atoms with van der Waals surface area (Å²) >= 11 is 0. The third kappa shape index (κ3) is 10.5. The van der Waals surface area contributed by atoms with Gasteiger partial charge in [0.1, 0.15) is 18.1 Å². The Labute approximate surface area is 277 Å². The van der Waals surface area contributed by atoms with Crippen LogP contribution in [0, 0.1) is 30.6 Å². The van der Waals surface area contributed by atoms with Crippen molar-refractivity contribution in [3.63, 3.8) is 0 Å². The van der Waals surface area contributed by atoms with Crippen molar-refractivity contribution in [2.75, 3.05) is 72.3 Å². The average Bonchev–Trinajstić information content (AvgIpc) is 3.09. The van der Waals surface area contributed by atoms with Gasteiger partial charge in [-0.3, -0.25) is 9.80 Å². The third-order valence-electron chi connectivity index (χ3n) is 8.01. The van der Waals surface area contributed by atoms with Gasteiger partial charge < -0.3 is 24.1 Å². The second-order valence-electron chi connectivity index (χ2n) is 11.5. The maximum Gasteiger partial charge on any atom is 0.344 e. The number of carbonyl (C=O) groups is 1. The summed E-state index contributed by atoms with van der Waals surface area (Å²) in [6, 6.07) is 22.0. The van der Waals surface area contributed by atoms with E-state index in [-0.39, 0.29) is 0 Å². The van der Waals surface area contributed by atoms with Crippen molar-refractivity contribution in [1.82, 2.24) is 9.80 Å². The lowest BCUT2D eigenvalue weighted by Gasteiger charge is -2.24. The zero-order valence-corrected chi connectivity index (χ0v) is 27.2. The van der Waals surface area contributed by atoms with E-state index in [1.165, 1.54) is 6.92 Å². The molecule has 3 aromatic rings. The monoisotopic (exact) mass is 634 g/mol. The molecule has 1 N–H and O–H groups in total. The number of benzene rings is 3. The lowest BCUT2D eigenvalue weighted by atomic mass is 9.96. The van der Waals surface area contributed by atoms with Crippen molar-refractivity contribution >= 4 is 11.5 Å². The fraction of sp³-hybridized carbons (Fsp3) is 0.359. The topological polar surface area (TPSA) is 80.7 Å². The van der Waals surface area contributed by atoms with E-state index >= 15 is 0 Å². The lowest BCUT2D eigenvalue weighted by molar-refractivity contribution is -0.144. The fourth-order valence-corrected chi connectivity index (χ4v) is 5.20. The van der Waals surface area contributed by atoms with E-state index in [0.717, 1.165) is 99.1 Å². The standard InChI is InChI=1S/C39H42N2O6/c1-30-29-36(15-16-38(30)47-31(2)39(42)43)46-24-17-37(34-11-7-32(8-12-34)5-3-18-40-20-25-44-26-21-40)35-13-9-33(10-14-35)6-4-19-41-22-27-45-28-23-41/h7-17,29,31H,18-28H2,1-2H3,(H,42,43). The van der Waals surface area contributed by atoms with Gasteiger partial charge in [-0.15, -0.1) is 0 Å². The van der Waals surface area contributed by atoms with Crippen molar-refractivity contribution in [3.8, 4) is 35.2 Å². The smallest absolute Gasteiger partial charge is 0.344 e. The van der Waals surface area contributed by atoms with Crippen LogP contribution in [0.25, 0.3) is 5.57 Å². The van der Waals surface area contributed by atoms with Gasteiger partial charge in [-0.05, 0) is 84.7 Å². The van der Waals surface area contributed by atoms with Gasteiger partial charge in [-0.1, -0.05) is 47.9 Å². The number of rotatable bonds is 10. The predicted molar refractivity (Wildman–Crippen MR) is 183 cm³/mol. The van der Waals surface area contributed by atoms with Crippen LogP contribution in [0.3, 0.4) is 0 Å². The zero-order chi connectivity index (χ0) is 32.8. The van der Waals surface area contributed by atoms with Crippen LogP contribution in [0.15, 0.2) is 72.8 Å². The molecule has 8 nitrogen and oxygen atoms in total. The molecule has 5 rings (SSSR count). The highest BCUT2D eigenvalue weighted by molar-refractivity contribution is 5.80. The van der Waals surface area contributed by atoms with Crippen molar-refractivity contribution in [2.45, 2.75) is 20.0 Å². The Hall–Kier alpha value is -4.57. The number of nitrogens with zero attached hydrogens (tertiary/aromatic N) is 2. The van der Waals surface area contributed by atoms with Crippen molar-refractivity contribution in [3.05, 3.63) is 101 Å². The molecule has 0 bridgehead atoms. The Kier molecular flexibility index (Phi) is 12.5. The number of ether oxygens (including phenoxy) is 4. The first-order valence-corrected chi connectivity index (χ1v) is 16.1. The molecular formula is C39H42N2O6. The molecule has 244 valence electrons. The lowest BCUT2D eigenvalue weighted by Crippen LogP contribution is -2.36. The number of carboxylic acid groups (broad SMARTS) is 1. The molecule has 2 heterocycles. The highest BCUT2D eigenvalue weighted by atomic mass is 16.5. The van der Waals surface area contributed by atoms with Gasteiger partial charge in [0.2, 0.25) is 0 Å². The molecule has 0 radical (unpaired) electrons. The summed E-state index contributed by atoms with van der Waals surface area (Å²) in [6.07, 6.45) is 1.14. The van der Waals surface area contributed by atoms with Crippen LogP contribution < -0.4 is 9.47 Å². The summed E-state index contributed by atoms with van der Waals surface area (Å²) in [5.74, 6) is 13.4. The number of carboxylic acids is 1. The van der Waals surface area contributed by atoms with Gasteiger partial charge in [0.05, 0.1) is 39.5 Å². The van der Waals surface area contributed by atoms with Crippen LogP contribution in [-0.2, 0) is 14.3 Å². The van der Waals surface area contributed by atoms with Crippen LogP contribution in [0.2, 0.25) is 0 Å². The van der Waals surface area contributed by atoms with Crippen LogP contribution >= 0.6 is 0 Å². The summed E-state index contributed by atoms with van der Waals surface area (Å²) in [6.45, 7) is 11.9. The quantitative estimate of drug-likeness (QED) is 0.321. The molecule has 2 saturated heterocycles. The molecule has 2 fully saturated rings. The van der Waals surface area contributed by atoms with E-state index in [2.05, 4.69) is 88.1 Å². The Morgan fingerprint density at radius 3 is 1.81 bits per heavy atom. The number of hydrogen-bond acceptors (Lipinski definition) is 7. The maximum absolute atomic E-state index is 11.2. The Bertz CT molecular complexity index is 1550. The fourth-order valence-electron chi connectivity index (χ4n) is 5.20. The van der Waals surface area contributed by atoms with Gasteiger partial charge in [0, 0.05) is 37.3 Å². The largest absolute Gasteiger partial charge is 0.489 e. The second kappa shape index (κ2) is 17.4. The molecule has 2 aliphatic heterocycles. The summed E-state index contributed by atoms with van der Waals surface area (Å²) in [5.41, 5.74) is 5.90. The first-order chi connectivity index (χ1) is 22.9. The Morgan fingerprint density at radius 1 is 0.830 bits per heavy atom. The summed E-state index contributed by atoms with van der Waals surface area (Å²) < 4.78 is 22.5. The molecule has 0 spiro atoms. The predicted octanol–water partition coefficient (Wildman–Crippen LogP) is 4.73.